The third-order valence-corrected chi connectivity index (χ3v) is 2.81. The van der Waals surface area contributed by atoms with Gasteiger partial charge in [0.1, 0.15) is 5.82 Å². The van der Waals surface area contributed by atoms with E-state index in [4.69, 9.17) is 5.73 Å². The van der Waals surface area contributed by atoms with Gasteiger partial charge in [-0.25, -0.2) is 4.39 Å². The van der Waals surface area contributed by atoms with Gasteiger partial charge >= 0.3 is 0 Å². The lowest BCUT2D eigenvalue weighted by molar-refractivity contribution is 0.602. The molecule has 0 bridgehead atoms. The lowest BCUT2D eigenvalue weighted by Gasteiger charge is -2.18. The number of anilines is 1. The summed E-state index contributed by atoms with van der Waals surface area (Å²) in [6, 6.07) is 6.67. The fourth-order valence-corrected chi connectivity index (χ4v) is 1.91. The normalized spacial score (nSPS) is 18.9. The summed E-state index contributed by atoms with van der Waals surface area (Å²) in [5.41, 5.74) is 6.71. The van der Waals surface area contributed by atoms with Gasteiger partial charge in [0, 0.05) is 18.8 Å². The SMILES string of the molecule is Cl.Cl.NCC1CCN(c2ccc(F)cc2)C1. The maximum atomic E-state index is 12.7. The molecule has 5 heteroatoms. The summed E-state index contributed by atoms with van der Waals surface area (Å²) < 4.78 is 12.7. The molecule has 0 aliphatic carbocycles. The summed E-state index contributed by atoms with van der Waals surface area (Å²) in [6.45, 7) is 2.79. The molecule has 2 rings (SSSR count). The van der Waals surface area contributed by atoms with E-state index in [-0.39, 0.29) is 30.6 Å². The molecule has 0 aromatic heterocycles. The number of benzene rings is 1. The van der Waals surface area contributed by atoms with E-state index in [0.29, 0.717) is 5.92 Å². The Labute approximate surface area is 108 Å². The van der Waals surface area contributed by atoms with Crippen LogP contribution in [0.2, 0.25) is 0 Å². The summed E-state index contributed by atoms with van der Waals surface area (Å²) in [6.07, 6.45) is 1.15. The Morgan fingerprint density at radius 3 is 2.38 bits per heavy atom. The predicted molar refractivity (Wildman–Crippen MR) is 70.3 cm³/mol. The number of hydrogen-bond acceptors (Lipinski definition) is 2. The summed E-state index contributed by atoms with van der Waals surface area (Å²) in [5, 5.41) is 0. The molecule has 1 heterocycles. The van der Waals surface area contributed by atoms with E-state index in [9.17, 15) is 4.39 Å². The first kappa shape index (κ1) is 15.5. The molecule has 0 saturated carbocycles. The third-order valence-electron chi connectivity index (χ3n) is 2.81. The number of halogens is 3. The van der Waals surface area contributed by atoms with Gasteiger partial charge < -0.3 is 10.6 Å². The van der Waals surface area contributed by atoms with Crippen molar-refractivity contribution in [1.82, 2.24) is 0 Å². The van der Waals surface area contributed by atoms with Crippen LogP contribution < -0.4 is 10.6 Å². The molecule has 1 atom stereocenters. The van der Waals surface area contributed by atoms with E-state index in [2.05, 4.69) is 4.90 Å². The molecule has 1 saturated heterocycles. The minimum absolute atomic E-state index is 0. The third kappa shape index (κ3) is 3.51. The van der Waals surface area contributed by atoms with E-state index in [1.807, 2.05) is 12.1 Å². The zero-order valence-electron chi connectivity index (χ0n) is 8.93. The first-order valence-corrected chi connectivity index (χ1v) is 5.00. The topological polar surface area (TPSA) is 29.3 Å². The van der Waals surface area contributed by atoms with Crippen molar-refractivity contribution in [1.29, 1.82) is 0 Å². The van der Waals surface area contributed by atoms with Crippen molar-refractivity contribution in [2.75, 3.05) is 24.5 Å². The first-order valence-electron chi connectivity index (χ1n) is 5.00. The van der Waals surface area contributed by atoms with Crippen molar-refractivity contribution >= 4 is 30.5 Å². The summed E-state index contributed by atoms with van der Waals surface area (Å²) in [4.78, 5) is 2.26. The average molecular weight is 267 g/mol. The van der Waals surface area contributed by atoms with Gasteiger partial charge in [0.25, 0.3) is 0 Å². The highest BCUT2D eigenvalue weighted by Crippen LogP contribution is 2.23. The van der Waals surface area contributed by atoms with Crippen LogP contribution in [0, 0.1) is 11.7 Å². The van der Waals surface area contributed by atoms with Crippen LogP contribution in [0.4, 0.5) is 10.1 Å². The van der Waals surface area contributed by atoms with E-state index >= 15 is 0 Å². The Hall–Kier alpha value is -0.510. The lowest BCUT2D eigenvalue weighted by atomic mass is 10.1. The zero-order chi connectivity index (χ0) is 9.97. The van der Waals surface area contributed by atoms with Crippen LogP contribution in [-0.4, -0.2) is 19.6 Å². The Kier molecular flexibility index (Phi) is 6.72. The lowest BCUT2D eigenvalue weighted by Crippen LogP contribution is -2.22. The molecule has 1 aliphatic heterocycles. The molecule has 1 aliphatic rings. The van der Waals surface area contributed by atoms with E-state index in [1.165, 1.54) is 12.1 Å². The first-order chi connectivity index (χ1) is 6.79. The van der Waals surface area contributed by atoms with Gasteiger partial charge in [-0.1, -0.05) is 0 Å². The molecular formula is C11H17Cl2FN2. The second kappa shape index (κ2) is 6.94. The van der Waals surface area contributed by atoms with E-state index in [1.54, 1.807) is 0 Å². The molecule has 0 radical (unpaired) electrons. The van der Waals surface area contributed by atoms with Crippen LogP contribution in [-0.2, 0) is 0 Å². The quantitative estimate of drug-likeness (QED) is 0.891. The molecule has 2 N–H and O–H groups in total. The maximum Gasteiger partial charge on any atom is 0.123 e. The minimum Gasteiger partial charge on any atom is -0.371 e. The predicted octanol–water partition coefficient (Wildman–Crippen LogP) is 2.45. The highest BCUT2D eigenvalue weighted by atomic mass is 35.5. The number of nitrogens with zero attached hydrogens (tertiary/aromatic N) is 1. The Morgan fingerprint density at radius 2 is 1.88 bits per heavy atom. The molecule has 16 heavy (non-hydrogen) atoms. The van der Waals surface area contributed by atoms with Crippen molar-refractivity contribution < 1.29 is 4.39 Å². The van der Waals surface area contributed by atoms with Crippen LogP contribution >= 0.6 is 24.8 Å². The van der Waals surface area contributed by atoms with Crippen LogP contribution in [0.1, 0.15) is 6.42 Å². The molecule has 1 aromatic rings. The van der Waals surface area contributed by atoms with Gasteiger partial charge in [-0.3, -0.25) is 0 Å². The van der Waals surface area contributed by atoms with Crippen molar-refractivity contribution in [3.8, 4) is 0 Å². The standard InChI is InChI=1S/C11H15FN2.2ClH/c12-10-1-3-11(4-2-10)14-6-5-9(7-13)8-14;;/h1-4,9H,5-8,13H2;2*1H. The largest absolute Gasteiger partial charge is 0.371 e. The Bertz CT molecular complexity index is 305. The van der Waals surface area contributed by atoms with Gasteiger partial charge in [0.2, 0.25) is 0 Å². The highest BCUT2D eigenvalue weighted by Gasteiger charge is 2.20. The van der Waals surface area contributed by atoms with Gasteiger partial charge in [-0.15, -0.1) is 24.8 Å². The fraction of sp³-hybridized carbons (Fsp3) is 0.455. The minimum atomic E-state index is -0.177. The molecule has 2 nitrogen and oxygen atoms in total. The number of hydrogen-bond donors (Lipinski definition) is 1. The summed E-state index contributed by atoms with van der Waals surface area (Å²) >= 11 is 0. The Morgan fingerprint density at radius 1 is 1.25 bits per heavy atom. The maximum absolute atomic E-state index is 12.7. The summed E-state index contributed by atoms with van der Waals surface area (Å²) in [5.74, 6) is 0.420. The van der Waals surface area contributed by atoms with Crippen LogP contribution in [0.25, 0.3) is 0 Å². The molecule has 0 amide bonds. The number of rotatable bonds is 2. The van der Waals surface area contributed by atoms with Gasteiger partial charge in [0.05, 0.1) is 0 Å². The smallest absolute Gasteiger partial charge is 0.123 e. The van der Waals surface area contributed by atoms with Gasteiger partial charge in [0.15, 0.2) is 0 Å². The van der Waals surface area contributed by atoms with Crippen molar-refractivity contribution in [2.24, 2.45) is 11.7 Å². The molecule has 92 valence electrons. The summed E-state index contributed by atoms with van der Waals surface area (Å²) in [7, 11) is 0. The van der Waals surface area contributed by atoms with E-state index < -0.39 is 0 Å². The fourth-order valence-electron chi connectivity index (χ4n) is 1.91. The molecule has 1 unspecified atom stereocenters. The van der Waals surface area contributed by atoms with E-state index in [0.717, 1.165) is 31.7 Å². The van der Waals surface area contributed by atoms with Crippen molar-refractivity contribution in [3.05, 3.63) is 30.1 Å². The van der Waals surface area contributed by atoms with Gasteiger partial charge in [-0.05, 0) is 43.1 Å². The van der Waals surface area contributed by atoms with Crippen molar-refractivity contribution in [3.63, 3.8) is 0 Å². The zero-order valence-corrected chi connectivity index (χ0v) is 10.6. The monoisotopic (exact) mass is 266 g/mol. The second-order valence-electron chi connectivity index (χ2n) is 3.81. The van der Waals surface area contributed by atoms with Crippen LogP contribution in [0.15, 0.2) is 24.3 Å². The highest BCUT2D eigenvalue weighted by molar-refractivity contribution is 5.85. The average Bonchev–Trinajstić information content (AvgIpc) is 2.67. The molecule has 0 spiro atoms. The van der Waals surface area contributed by atoms with Gasteiger partial charge in [-0.2, -0.15) is 0 Å². The second-order valence-corrected chi connectivity index (χ2v) is 3.81. The van der Waals surface area contributed by atoms with Crippen LogP contribution in [0.3, 0.4) is 0 Å². The molecule has 1 aromatic carbocycles. The molecular weight excluding hydrogens is 250 g/mol. The van der Waals surface area contributed by atoms with Crippen LogP contribution in [0.5, 0.6) is 0 Å². The molecule has 1 fully saturated rings. The Balaban J connectivity index is 0.00000112. The number of nitrogens with two attached hydrogens (primary N) is 1. The van der Waals surface area contributed by atoms with Crippen molar-refractivity contribution in [2.45, 2.75) is 6.42 Å².